The van der Waals surface area contributed by atoms with Gasteiger partial charge in [-0.3, -0.25) is 0 Å². The van der Waals surface area contributed by atoms with E-state index in [1.807, 2.05) is 24.3 Å². The van der Waals surface area contributed by atoms with E-state index in [1.165, 1.54) is 0 Å². The number of methoxy groups -OCH3 is 1. The number of hydrogen-bond acceptors (Lipinski definition) is 3. The van der Waals surface area contributed by atoms with Gasteiger partial charge in [0, 0.05) is 18.4 Å². The molecule has 3 heteroatoms. The van der Waals surface area contributed by atoms with E-state index in [2.05, 4.69) is 10.3 Å². The second-order valence-corrected chi connectivity index (χ2v) is 2.60. The van der Waals surface area contributed by atoms with Crippen LogP contribution in [0, 0.1) is 0 Å². The average molecular weight is 162 g/mol. The van der Waals surface area contributed by atoms with Crippen molar-refractivity contribution in [3.63, 3.8) is 0 Å². The Kier molecular flexibility index (Phi) is 1.80. The Morgan fingerprint density at radius 1 is 1.42 bits per heavy atom. The molecule has 0 aliphatic carbocycles. The lowest BCUT2D eigenvalue weighted by atomic mass is 10.1. The summed E-state index contributed by atoms with van der Waals surface area (Å²) in [6.07, 6.45) is 1.51. The molecule has 1 unspecified atom stereocenters. The van der Waals surface area contributed by atoms with Gasteiger partial charge >= 0.3 is 0 Å². The maximum atomic E-state index is 5.18. The highest BCUT2D eigenvalue weighted by Crippen LogP contribution is 2.27. The zero-order valence-corrected chi connectivity index (χ0v) is 6.82. The Morgan fingerprint density at radius 2 is 2.25 bits per heavy atom. The van der Waals surface area contributed by atoms with Crippen LogP contribution in [0.25, 0.3) is 0 Å². The Balaban J connectivity index is 2.43. The largest absolute Gasteiger partial charge is 0.355 e. The van der Waals surface area contributed by atoms with Crippen molar-refractivity contribution < 1.29 is 4.74 Å². The van der Waals surface area contributed by atoms with Gasteiger partial charge in [0.05, 0.1) is 6.34 Å². The minimum Gasteiger partial charge on any atom is -0.355 e. The summed E-state index contributed by atoms with van der Waals surface area (Å²) in [6.45, 7) is 0. The molecule has 0 saturated heterocycles. The van der Waals surface area contributed by atoms with Gasteiger partial charge in [-0.25, -0.2) is 4.99 Å². The molecule has 62 valence electrons. The summed E-state index contributed by atoms with van der Waals surface area (Å²) >= 11 is 0. The normalized spacial score (nSPS) is 19.9. The maximum Gasteiger partial charge on any atom is 0.177 e. The van der Waals surface area contributed by atoms with Crippen LogP contribution in [0.5, 0.6) is 0 Å². The summed E-state index contributed by atoms with van der Waals surface area (Å²) in [6, 6.07) is 7.98. The molecule has 0 fully saturated rings. The molecule has 1 N–H and O–H groups in total. The molecule has 1 aliphatic rings. The minimum atomic E-state index is -0.151. The summed E-state index contributed by atoms with van der Waals surface area (Å²) in [5.41, 5.74) is 2.15. The van der Waals surface area contributed by atoms with Crippen LogP contribution < -0.4 is 5.32 Å². The minimum absolute atomic E-state index is 0.151. The van der Waals surface area contributed by atoms with E-state index in [0.717, 1.165) is 11.3 Å². The molecule has 0 radical (unpaired) electrons. The molecule has 1 atom stereocenters. The van der Waals surface area contributed by atoms with E-state index >= 15 is 0 Å². The number of anilines is 1. The van der Waals surface area contributed by atoms with Crippen LogP contribution in [0.15, 0.2) is 29.3 Å². The topological polar surface area (TPSA) is 33.6 Å². The third-order valence-corrected chi connectivity index (χ3v) is 1.88. The summed E-state index contributed by atoms with van der Waals surface area (Å²) in [4.78, 5) is 4.13. The van der Waals surface area contributed by atoms with Crippen LogP contribution in [0.2, 0.25) is 0 Å². The van der Waals surface area contributed by atoms with Crippen LogP contribution in [0.1, 0.15) is 11.8 Å². The van der Waals surface area contributed by atoms with Crippen LogP contribution in [-0.2, 0) is 4.74 Å². The first-order valence-corrected chi connectivity index (χ1v) is 3.82. The van der Waals surface area contributed by atoms with Gasteiger partial charge in [0.2, 0.25) is 0 Å². The number of hydrogen-bond donors (Lipinski definition) is 1. The van der Waals surface area contributed by atoms with E-state index in [-0.39, 0.29) is 6.23 Å². The van der Waals surface area contributed by atoms with Crippen molar-refractivity contribution in [1.82, 2.24) is 0 Å². The molecule has 0 amide bonds. The van der Waals surface area contributed by atoms with Crippen molar-refractivity contribution in [3.05, 3.63) is 29.8 Å². The van der Waals surface area contributed by atoms with Crippen molar-refractivity contribution in [1.29, 1.82) is 0 Å². The molecule has 0 bridgehead atoms. The number of para-hydroxylation sites is 1. The fourth-order valence-corrected chi connectivity index (χ4v) is 1.29. The lowest BCUT2D eigenvalue weighted by Crippen LogP contribution is -2.11. The highest BCUT2D eigenvalue weighted by Gasteiger charge is 2.14. The third kappa shape index (κ3) is 1.08. The maximum absolute atomic E-state index is 5.18. The van der Waals surface area contributed by atoms with Gasteiger partial charge < -0.3 is 10.1 Å². The number of aliphatic imine (C=N–C) groups is 1. The molecular formula is C9H10N2O. The predicted octanol–water partition coefficient (Wildman–Crippen LogP) is 1.79. The first-order valence-electron chi connectivity index (χ1n) is 3.82. The molecule has 1 aliphatic heterocycles. The summed E-state index contributed by atoms with van der Waals surface area (Å²) in [5, 5.41) is 3.06. The van der Waals surface area contributed by atoms with Gasteiger partial charge in [-0.1, -0.05) is 18.2 Å². The van der Waals surface area contributed by atoms with Crippen molar-refractivity contribution in [2.45, 2.75) is 6.23 Å². The van der Waals surface area contributed by atoms with Crippen molar-refractivity contribution >= 4 is 12.0 Å². The molecular weight excluding hydrogens is 152 g/mol. The quantitative estimate of drug-likeness (QED) is 0.683. The molecule has 12 heavy (non-hydrogen) atoms. The fourth-order valence-electron chi connectivity index (χ4n) is 1.29. The van der Waals surface area contributed by atoms with Crippen LogP contribution in [-0.4, -0.2) is 13.4 Å². The van der Waals surface area contributed by atoms with Gasteiger partial charge in [0.25, 0.3) is 0 Å². The lowest BCUT2D eigenvalue weighted by molar-refractivity contribution is 0.111. The molecule has 3 nitrogen and oxygen atoms in total. The highest BCUT2D eigenvalue weighted by molar-refractivity contribution is 5.80. The standard InChI is InChI=1S/C9H10N2O/c1-12-9-7-4-2-3-5-8(7)10-6-11-9/h2-6,9H,1H3,(H,10,11). The Morgan fingerprint density at radius 3 is 3.08 bits per heavy atom. The van der Waals surface area contributed by atoms with E-state index in [9.17, 15) is 0 Å². The van der Waals surface area contributed by atoms with Crippen LogP contribution in [0.4, 0.5) is 5.69 Å². The Labute approximate surface area is 71.1 Å². The van der Waals surface area contributed by atoms with E-state index in [4.69, 9.17) is 4.74 Å². The van der Waals surface area contributed by atoms with Gasteiger partial charge in [0.15, 0.2) is 6.23 Å². The zero-order chi connectivity index (χ0) is 8.39. The predicted molar refractivity (Wildman–Crippen MR) is 48.3 cm³/mol. The van der Waals surface area contributed by atoms with Crippen LogP contribution in [0.3, 0.4) is 0 Å². The monoisotopic (exact) mass is 162 g/mol. The average Bonchev–Trinajstić information content (AvgIpc) is 2.17. The smallest absolute Gasteiger partial charge is 0.177 e. The lowest BCUT2D eigenvalue weighted by Gasteiger charge is -2.19. The van der Waals surface area contributed by atoms with Crippen molar-refractivity contribution in [2.24, 2.45) is 4.99 Å². The summed E-state index contributed by atoms with van der Waals surface area (Å²) in [5.74, 6) is 0. The number of fused-ring (bicyclic) bond motifs is 1. The number of ether oxygens (including phenoxy) is 1. The van der Waals surface area contributed by atoms with E-state index in [0.29, 0.717) is 0 Å². The van der Waals surface area contributed by atoms with Gasteiger partial charge in [-0.2, -0.15) is 0 Å². The molecule has 0 aromatic heterocycles. The molecule has 1 heterocycles. The fraction of sp³-hybridized carbons (Fsp3) is 0.222. The highest BCUT2D eigenvalue weighted by atomic mass is 16.5. The van der Waals surface area contributed by atoms with Crippen LogP contribution >= 0.6 is 0 Å². The second kappa shape index (κ2) is 2.95. The van der Waals surface area contributed by atoms with Gasteiger partial charge in [-0.15, -0.1) is 0 Å². The molecule has 1 aromatic carbocycles. The van der Waals surface area contributed by atoms with E-state index < -0.39 is 0 Å². The second-order valence-electron chi connectivity index (χ2n) is 2.60. The number of rotatable bonds is 1. The zero-order valence-electron chi connectivity index (χ0n) is 6.82. The number of benzene rings is 1. The first-order chi connectivity index (χ1) is 5.92. The first kappa shape index (κ1) is 7.31. The Bertz CT molecular complexity index is 309. The number of nitrogens with one attached hydrogen (secondary N) is 1. The van der Waals surface area contributed by atoms with Crippen molar-refractivity contribution in [3.8, 4) is 0 Å². The number of nitrogens with zero attached hydrogens (tertiary/aromatic N) is 1. The van der Waals surface area contributed by atoms with Gasteiger partial charge in [-0.05, 0) is 6.07 Å². The summed E-state index contributed by atoms with van der Waals surface area (Å²) < 4.78 is 5.18. The molecule has 1 aromatic rings. The van der Waals surface area contributed by atoms with E-state index in [1.54, 1.807) is 13.4 Å². The van der Waals surface area contributed by atoms with Gasteiger partial charge in [0.1, 0.15) is 0 Å². The molecule has 0 spiro atoms. The summed E-state index contributed by atoms with van der Waals surface area (Å²) in [7, 11) is 1.66. The molecule has 0 saturated carbocycles. The SMILES string of the molecule is COC1N=CNc2ccccc21. The molecule has 2 rings (SSSR count). The third-order valence-electron chi connectivity index (χ3n) is 1.88. The van der Waals surface area contributed by atoms with Crippen molar-refractivity contribution in [2.75, 3.05) is 12.4 Å². The Hall–Kier alpha value is -1.35.